The Labute approximate surface area is 118 Å². The van der Waals surface area contributed by atoms with Crippen molar-refractivity contribution in [2.24, 2.45) is 5.92 Å². The largest absolute Gasteiger partial charge is 0.374 e. The molecule has 4 nitrogen and oxygen atoms in total. The summed E-state index contributed by atoms with van der Waals surface area (Å²) < 4.78 is 5.94. The van der Waals surface area contributed by atoms with Gasteiger partial charge in [0.15, 0.2) is 0 Å². The summed E-state index contributed by atoms with van der Waals surface area (Å²) in [4.78, 5) is 5.05. The van der Waals surface area contributed by atoms with Crippen LogP contribution in [0, 0.1) is 5.92 Å². The molecule has 3 unspecified atom stereocenters. The molecule has 112 valence electrons. The zero-order valence-electron chi connectivity index (χ0n) is 13.1. The molecule has 2 aliphatic rings. The minimum absolute atomic E-state index is 0.385. The molecule has 0 aliphatic carbocycles. The minimum Gasteiger partial charge on any atom is -0.374 e. The molecule has 3 atom stereocenters. The first-order chi connectivity index (χ1) is 9.10. The van der Waals surface area contributed by atoms with Gasteiger partial charge in [-0.05, 0) is 19.4 Å². The van der Waals surface area contributed by atoms with Crippen LogP contribution >= 0.6 is 0 Å². The van der Waals surface area contributed by atoms with Gasteiger partial charge in [0.1, 0.15) is 0 Å². The molecule has 0 saturated carbocycles. The third kappa shape index (κ3) is 4.15. The minimum atomic E-state index is 0.385. The first-order valence-electron chi connectivity index (χ1n) is 7.87. The molecule has 2 rings (SSSR count). The third-order valence-electron chi connectivity index (χ3n) is 4.58. The highest BCUT2D eigenvalue weighted by Gasteiger charge is 2.31. The fraction of sp³-hybridized carbons (Fsp3) is 1.00. The van der Waals surface area contributed by atoms with Gasteiger partial charge in [0.25, 0.3) is 0 Å². The lowest BCUT2D eigenvalue weighted by Crippen LogP contribution is -2.60. The molecular formula is C15H31N3O. The number of morpholine rings is 1. The lowest BCUT2D eigenvalue weighted by molar-refractivity contribution is -0.0503. The number of rotatable bonds is 4. The van der Waals surface area contributed by atoms with E-state index in [2.05, 4.69) is 42.9 Å². The van der Waals surface area contributed by atoms with Crippen molar-refractivity contribution in [2.75, 3.05) is 46.4 Å². The van der Waals surface area contributed by atoms with Gasteiger partial charge in [-0.2, -0.15) is 0 Å². The average molecular weight is 269 g/mol. The summed E-state index contributed by atoms with van der Waals surface area (Å²) in [6.07, 6.45) is 1.60. The van der Waals surface area contributed by atoms with Gasteiger partial charge in [0.05, 0.1) is 12.7 Å². The van der Waals surface area contributed by atoms with Crippen molar-refractivity contribution in [3.05, 3.63) is 0 Å². The fourth-order valence-corrected chi connectivity index (χ4v) is 3.28. The van der Waals surface area contributed by atoms with E-state index in [1.165, 1.54) is 13.0 Å². The van der Waals surface area contributed by atoms with Gasteiger partial charge in [0.2, 0.25) is 0 Å². The van der Waals surface area contributed by atoms with Crippen LogP contribution in [0.25, 0.3) is 0 Å². The zero-order valence-corrected chi connectivity index (χ0v) is 13.1. The van der Waals surface area contributed by atoms with E-state index < -0.39 is 0 Å². The summed E-state index contributed by atoms with van der Waals surface area (Å²) >= 11 is 0. The van der Waals surface area contributed by atoms with Crippen molar-refractivity contribution in [1.82, 2.24) is 15.1 Å². The van der Waals surface area contributed by atoms with Gasteiger partial charge < -0.3 is 15.0 Å². The molecule has 4 heteroatoms. The fourth-order valence-electron chi connectivity index (χ4n) is 3.28. The highest BCUT2D eigenvalue weighted by molar-refractivity contribution is 4.89. The molecule has 1 N–H and O–H groups in total. The molecule has 0 aromatic rings. The van der Waals surface area contributed by atoms with E-state index in [1.54, 1.807) is 0 Å². The van der Waals surface area contributed by atoms with Gasteiger partial charge in [-0.25, -0.2) is 0 Å². The summed E-state index contributed by atoms with van der Waals surface area (Å²) in [5, 5.41) is 3.68. The maximum absolute atomic E-state index is 5.94. The Morgan fingerprint density at radius 3 is 2.74 bits per heavy atom. The number of nitrogens with zero attached hydrogens (tertiary/aromatic N) is 2. The van der Waals surface area contributed by atoms with Gasteiger partial charge >= 0.3 is 0 Å². The Morgan fingerprint density at radius 1 is 1.32 bits per heavy atom. The van der Waals surface area contributed by atoms with Crippen molar-refractivity contribution in [1.29, 1.82) is 0 Å². The van der Waals surface area contributed by atoms with Crippen LogP contribution in [0.1, 0.15) is 27.2 Å². The summed E-state index contributed by atoms with van der Waals surface area (Å²) in [6.45, 7) is 13.4. The van der Waals surface area contributed by atoms with Crippen molar-refractivity contribution in [2.45, 2.75) is 45.4 Å². The Bertz CT molecular complexity index is 272. The summed E-state index contributed by atoms with van der Waals surface area (Å²) in [5.41, 5.74) is 0. The number of ether oxygens (including phenoxy) is 1. The molecule has 0 aromatic heterocycles. The van der Waals surface area contributed by atoms with Gasteiger partial charge in [0, 0.05) is 44.8 Å². The molecule has 0 radical (unpaired) electrons. The van der Waals surface area contributed by atoms with E-state index in [4.69, 9.17) is 4.74 Å². The van der Waals surface area contributed by atoms with E-state index >= 15 is 0 Å². The predicted octanol–water partition coefficient (Wildman–Crippen LogP) is 1.03. The number of likely N-dealkylation sites (N-methyl/N-ethyl adjacent to an activating group) is 1. The molecule has 0 bridgehead atoms. The maximum atomic E-state index is 5.94. The van der Waals surface area contributed by atoms with Crippen LogP contribution in [-0.2, 0) is 4.74 Å². The first kappa shape index (κ1) is 15.2. The smallest absolute Gasteiger partial charge is 0.0829 e. The van der Waals surface area contributed by atoms with E-state index in [-0.39, 0.29) is 0 Å². The first-order valence-corrected chi connectivity index (χ1v) is 7.87. The number of hydrogen-bond acceptors (Lipinski definition) is 4. The second-order valence-electron chi connectivity index (χ2n) is 6.53. The Balaban J connectivity index is 1.92. The van der Waals surface area contributed by atoms with Crippen LogP contribution in [0.3, 0.4) is 0 Å². The number of nitrogens with one attached hydrogen (secondary N) is 1. The van der Waals surface area contributed by atoms with E-state index in [0.29, 0.717) is 24.1 Å². The number of hydrogen-bond donors (Lipinski definition) is 1. The zero-order chi connectivity index (χ0) is 13.8. The molecule has 0 amide bonds. The van der Waals surface area contributed by atoms with E-state index in [1.807, 2.05) is 0 Å². The van der Waals surface area contributed by atoms with Gasteiger partial charge in [-0.3, -0.25) is 4.90 Å². The third-order valence-corrected chi connectivity index (χ3v) is 4.58. The molecule has 2 aliphatic heterocycles. The van der Waals surface area contributed by atoms with Crippen LogP contribution in [0.2, 0.25) is 0 Å². The van der Waals surface area contributed by atoms with Crippen LogP contribution < -0.4 is 5.32 Å². The van der Waals surface area contributed by atoms with E-state index in [9.17, 15) is 0 Å². The summed E-state index contributed by atoms with van der Waals surface area (Å²) in [6, 6.07) is 1.30. The molecule has 0 spiro atoms. The average Bonchev–Trinajstić information content (AvgIpc) is 2.38. The molecular weight excluding hydrogens is 238 g/mol. The quantitative estimate of drug-likeness (QED) is 0.825. The molecule has 2 saturated heterocycles. The number of piperazine rings is 1. The highest BCUT2D eigenvalue weighted by Crippen LogP contribution is 2.18. The van der Waals surface area contributed by atoms with Crippen LogP contribution in [0.5, 0.6) is 0 Å². The van der Waals surface area contributed by atoms with Crippen LogP contribution in [0.15, 0.2) is 0 Å². The second-order valence-corrected chi connectivity index (χ2v) is 6.53. The van der Waals surface area contributed by atoms with Crippen LogP contribution in [-0.4, -0.2) is 74.4 Å². The molecule has 2 fully saturated rings. The molecule has 2 heterocycles. The summed E-state index contributed by atoms with van der Waals surface area (Å²) in [5.74, 6) is 0.701. The monoisotopic (exact) mass is 269 g/mol. The standard InChI is InChI=1S/C15H31N3O/c1-5-13-9-18(15(8-16-13)12(2)3)11-14-10-17(4)6-7-19-14/h12-16H,5-11H2,1-4H3. The van der Waals surface area contributed by atoms with Crippen molar-refractivity contribution in [3.63, 3.8) is 0 Å². The van der Waals surface area contributed by atoms with E-state index in [0.717, 1.165) is 32.8 Å². The Morgan fingerprint density at radius 2 is 2.11 bits per heavy atom. The normalized spacial score (nSPS) is 34.9. The summed E-state index contributed by atoms with van der Waals surface area (Å²) in [7, 11) is 2.20. The maximum Gasteiger partial charge on any atom is 0.0829 e. The second kappa shape index (κ2) is 7.02. The Hall–Kier alpha value is -0.160. The van der Waals surface area contributed by atoms with Gasteiger partial charge in [-0.1, -0.05) is 20.8 Å². The lowest BCUT2D eigenvalue weighted by atomic mass is 9.97. The van der Waals surface area contributed by atoms with Crippen molar-refractivity contribution < 1.29 is 4.74 Å². The van der Waals surface area contributed by atoms with Crippen molar-refractivity contribution in [3.8, 4) is 0 Å². The van der Waals surface area contributed by atoms with Crippen LogP contribution in [0.4, 0.5) is 0 Å². The topological polar surface area (TPSA) is 27.7 Å². The van der Waals surface area contributed by atoms with Gasteiger partial charge in [-0.15, -0.1) is 0 Å². The SMILES string of the molecule is CCC1CN(CC2CN(C)CCO2)C(C(C)C)CN1. The van der Waals surface area contributed by atoms with Crippen molar-refractivity contribution >= 4 is 0 Å². The lowest BCUT2D eigenvalue weighted by Gasteiger charge is -2.44. The molecule has 19 heavy (non-hydrogen) atoms. The predicted molar refractivity (Wildman–Crippen MR) is 79.5 cm³/mol. The molecule has 0 aromatic carbocycles. The highest BCUT2D eigenvalue weighted by atomic mass is 16.5. The Kier molecular flexibility index (Phi) is 5.63.